The van der Waals surface area contributed by atoms with Gasteiger partial charge in [-0.3, -0.25) is 9.59 Å². The zero-order valence-corrected chi connectivity index (χ0v) is 22.2. The average Bonchev–Trinajstić information content (AvgIpc) is 2.96. The van der Waals surface area contributed by atoms with Gasteiger partial charge in [-0.15, -0.1) is 0 Å². The number of hydrogen-bond acceptors (Lipinski definition) is 5. The number of carbonyl (C=O) groups excluding carboxylic acids is 2. The number of nitrogens with zero attached hydrogens (tertiary/aromatic N) is 2. The minimum Gasteiger partial charge on any atom is -0.390 e. The predicted octanol–water partition coefficient (Wildman–Crippen LogP) is 3.13. The van der Waals surface area contributed by atoms with Crippen molar-refractivity contribution >= 4 is 11.8 Å². The summed E-state index contributed by atoms with van der Waals surface area (Å²) in [5.41, 5.74) is 3.19. The second kappa shape index (κ2) is 13.3. The first-order chi connectivity index (χ1) is 18.4. The number of likely N-dealkylation sites (N-methyl/N-ethyl adjacent to an activating group) is 1. The number of nitrogens with one attached hydrogen (secondary N) is 2. The first-order valence-corrected chi connectivity index (χ1v) is 13.3. The fraction of sp³-hybridized carbons (Fsp3) is 0.355. The monoisotopic (exact) mass is 514 g/mol. The molecule has 1 fully saturated rings. The molecule has 0 unspecified atom stereocenters. The summed E-state index contributed by atoms with van der Waals surface area (Å²) in [6.07, 6.45) is -0.307. The van der Waals surface area contributed by atoms with Gasteiger partial charge in [-0.2, -0.15) is 0 Å². The van der Waals surface area contributed by atoms with E-state index >= 15 is 0 Å². The van der Waals surface area contributed by atoms with E-state index in [9.17, 15) is 14.7 Å². The lowest BCUT2D eigenvalue weighted by atomic mass is 9.99. The fourth-order valence-corrected chi connectivity index (χ4v) is 4.66. The third-order valence-corrected chi connectivity index (χ3v) is 7.20. The van der Waals surface area contributed by atoms with Gasteiger partial charge in [0.15, 0.2) is 0 Å². The van der Waals surface area contributed by atoms with Gasteiger partial charge in [0, 0.05) is 49.9 Å². The molecule has 7 heteroatoms. The van der Waals surface area contributed by atoms with Crippen LogP contribution in [0.5, 0.6) is 0 Å². The molecule has 38 heavy (non-hydrogen) atoms. The number of carbonyl (C=O) groups is 2. The van der Waals surface area contributed by atoms with Crippen LogP contribution in [-0.2, 0) is 6.42 Å². The number of hydrogen-bond donors (Lipinski definition) is 3. The van der Waals surface area contributed by atoms with Crippen molar-refractivity contribution in [2.45, 2.75) is 31.5 Å². The highest BCUT2D eigenvalue weighted by atomic mass is 16.3. The molecular formula is C31H38N4O3. The number of benzene rings is 3. The minimum absolute atomic E-state index is 0.0129. The smallest absolute Gasteiger partial charge is 0.253 e. The van der Waals surface area contributed by atoms with Crippen molar-refractivity contribution in [3.8, 4) is 0 Å². The quantitative estimate of drug-likeness (QED) is 0.387. The lowest BCUT2D eigenvalue weighted by Crippen LogP contribution is -2.49. The summed E-state index contributed by atoms with van der Waals surface area (Å²) in [6.45, 7) is 5.50. The summed E-state index contributed by atoms with van der Waals surface area (Å²) in [4.78, 5) is 30.1. The van der Waals surface area contributed by atoms with Crippen molar-refractivity contribution < 1.29 is 14.7 Å². The summed E-state index contributed by atoms with van der Waals surface area (Å²) < 4.78 is 0. The fourth-order valence-electron chi connectivity index (χ4n) is 4.66. The van der Waals surface area contributed by atoms with Crippen LogP contribution in [0.3, 0.4) is 0 Å². The molecule has 3 N–H and O–H groups in total. The number of aliphatic hydroxyl groups is 1. The van der Waals surface area contributed by atoms with Crippen molar-refractivity contribution in [1.29, 1.82) is 0 Å². The van der Waals surface area contributed by atoms with E-state index in [1.165, 1.54) is 0 Å². The van der Waals surface area contributed by atoms with Crippen LogP contribution in [0.1, 0.15) is 44.8 Å². The molecule has 3 aromatic rings. The van der Waals surface area contributed by atoms with Gasteiger partial charge in [0.05, 0.1) is 12.1 Å². The molecule has 1 aliphatic heterocycles. The molecular weight excluding hydrogens is 476 g/mol. The van der Waals surface area contributed by atoms with Crippen LogP contribution in [0, 0.1) is 0 Å². The highest BCUT2D eigenvalue weighted by Gasteiger charge is 2.24. The average molecular weight is 515 g/mol. The van der Waals surface area contributed by atoms with Crippen LogP contribution in [-0.4, -0.2) is 78.6 Å². The Bertz CT molecular complexity index is 1160. The highest BCUT2D eigenvalue weighted by Crippen LogP contribution is 2.14. The normalized spacial score (nSPS) is 16.4. The van der Waals surface area contributed by atoms with Gasteiger partial charge in [-0.05, 0) is 55.8 Å². The Morgan fingerprint density at radius 1 is 0.842 bits per heavy atom. The number of aliphatic hydroxyl groups excluding tert-OH is 1. The van der Waals surface area contributed by atoms with E-state index in [1.54, 1.807) is 24.3 Å². The Morgan fingerprint density at radius 3 is 2.05 bits per heavy atom. The van der Waals surface area contributed by atoms with Crippen LogP contribution < -0.4 is 10.6 Å². The van der Waals surface area contributed by atoms with E-state index < -0.39 is 12.1 Å². The Kier molecular flexibility index (Phi) is 9.65. The second-order valence-electron chi connectivity index (χ2n) is 10.1. The van der Waals surface area contributed by atoms with Crippen LogP contribution >= 0.6 is 0 Å². The van der Waals surface area contributed by atoms with Crippen molar-refractivity contribution in [1.82, 2.24) is 20.4 Å². The molecule has 4 rings (SSSR count). The van der Waals surface area contributed by atoms with Crippen molar-refractivity contribution in [3.63, 3.8) is 0 Å². The van der Waals surface area contributed by atoms with E-state index in [0.717, 1.165) is 24.2 Å². The molecule has 3 atom stereocenters. The molecule has 1 heterocycles. The van der Waals surface area contributed by atoms with Crippen LogP contribution in [0.25, 0.3) is 0 Å². The third-order valence-electron chi connectivity index (χ3n) is 7.20. The Balaban J connectivity index is 1.40. The Morgan fingerprint density at radius 2 is 1.42 bits per heavy atom. The zero-order valence-electron chi connectivity index (χ0n) is 22.2. The first-order valence-electron chi connectivity index (χ1n) is 13.3. The molecule has 200 valence electrons. The molecule has 1 aliphatic rings. The summed E-state index contributed by atoms with van der Waals surface area (Å²) in [7, 11) is 2.05. The number of amides is 2. The molecule has 0 radical (unpaired) electrons. The van der Waals surface area contributed by atoms with E-state index in [4.69, 9.17) is 0 Å². The zero-order chi connectivity index (χ0) is 26.9. The van der Waals surface area contributed by atoms with Crippen molar-refractivity contribution in [3.05, 3.63) is 107 Å². The van der Waals surface area contributed by atoms with Gasteiger partial charge in [0.25, 0.3) is 11.8 Å². The van der Waals surface area contributed by atoms with Gasteiger partial charge in [0.2, 0.25) is 0 Å². The van der Waals surface area contributed by atoms with E-state index in [0.29, 0.717) is 37.2 Å². The lowest BCUT2D eigenvalue weighted by Gasteiger charge is -2.32. The largest absolute Gasteiger partial charge is 0.390 e. The van der Waals surface area contributed by atoms with Crippen molar-refractivity contribution in [2.24, 2.45) is 0 Å². The van der Waals surface area contributed by atoms with Gasteiger partial charge >= 0.3 is 0 Å². The molecule has 7 nitrogen and oxygen atoms in total. The Hall–Kier alpha value is -3.52. The van der Waals surface area contributed by atoms with Gasteiger partial charge < -0.3 is 25.5 Å². The number of piperazine rings is 1. The third kappa shape index (κ3) is 7.51. The van der Waals surface area contributed by atoms with Gasteiger partial charge in [0.1, 0.15) is 0 Å². The van der Waals surface area contributed by atoms with Gasteiger partial charge in [-0.25, -0.2) is 0 Å². The van der Waals surface area contributed by atoms with E-state index in [2.05, 4.69) is 29.5 Å². The molecule has 0 bridgehead atoms. The molecule has 0 spiro atoms. The highest BCUT2D eigenvalue weighted by molar-refractivity contribution is 5.98. The summed E-state index contributed by atoms with van der Waals surface area (Å²) in [6, 6.07) is 26.2. The lowest BCUT2D eigenvalue weighted by molar-refractivity contribution is 0.0663. The SMILES string of the molecule is C[C@@H](NC[C@@H](O)[C@H](Cc1ccccc1)NC(=O)c1ccc(C(=O)N2CCN(C)CC2)cc1)c1ccccc1. The maximum atomic E-state index is 13.2. The number of rotatable bonds is 10. The maximum absolute atomic E-state index is 13.2. The summed E-state index contributed by atoms with van der Waals surface area (Å²) in [5, 5.41) is 17.5. The standard InChI is InChI=1S/C31H38N4O3/c1-23(25-11-7-4-8-12-25)32-22-29(36)28(21-24-9-5-3-6-10-24)33-30(37)26-13-15-27(16-14-26)31(38)35-19-17-34(2)18-20-35/h3-16,23,28-29,32,36H,17-22H2,1-2H3,(H,33,37)/t23-,28+,29-/m1/s1. The van der Waals surface area contributed by atoms with Crippen LogP contribution in [0.2, 0.25) is 0 Å². The summed E-state index contributed by atoms with van der Waals surface area (Å²) >= 11 is 0. The molecule has 0 aromatic heterocycles. The van der Waals surface area contributed by atoms with E-state index in [-0.39, 0.29) is 17.9 Å². The predicted molar refractivity (Wildman–Crippen MR) is 150 cm³/mol. The molecule has 0 saturated carbocycles. The molecule has 2 amide bonds. The Labute approximate surface area is 225 Å². The molecule has 1 saturated heterocycles. The van der Waals surface area contributed by atoms with E-state index in [1.807, 2.05) is 65.6 Å². The topological polar surface area (TPSA) is 84.9 Å². The van der Waals surface area contributed by atoms with Crippen LogP contribution in [0.4, 0.5) is 0 Å². The second-order valence-corrected chi connectivity index (χ2v) is 10.1. The minimum atomic E-state index is -0.802. The van der Waals surface area contributed by atoms with Crippen LogP contribution in [0.15, 0.2) is 84.9 Å². The first kappa shape index (κ1) is 27.5. The molecule has 0 aliphatic carbocycles. The van der Waals surface area contributed by atoms with Gasteiger partial charge in [-0.1, -0.05) is 60.7 Å². The molecule has 3 aromatic carbocycles. The van der Waals surface area contributed by atoms with Crippen molar-refractivity contribution in [2.75, 3.05) is 39.8 Å². The maximum Gasteiger partial charge on any atom is 0.253 e. The summed E-state index contributed by atoms with van der Waals surface area (Å²) in [5.74, 6) is -0.291.